The van der Waals surface area contributed by atoms with Crippen LogP contribution >= 0.6 is 7.82 Å². The highest BCUT2D eigenvalue weighted by atomic mass is 31.2. The van der Waals surface area contributed by atoms with Gasteiger partial charge in [0.1, 0.15) is 5.75 Å². The van der Waals surface area contributed by atoms with Gasteiger partial charge in [-0.3, -0.25) is 9.78 Å². The molecule has 6 nitrogen and oxygen atoms in total. The summed E-state index contributed by atoms with van der Waals surface area (Å²) in [6.07, 6.45) is 0. The molecule has 1 aromatic rings. The van der Waals surface area contributed by atoms with Crippen LogP contribution in [0.5, 0.6) is 5.75 Å². The molecule has 0 bridgehead atoms. The van der Waals surface area contributed by atoms with Crippen molar-refractivity contribution in [2.24, 2.45) is 5.92 Å². The van der Waals surface area contributed by atoms with Gasteiger partial charge in [-0.2, -0.15) is 0 Å². The van der Waals surface area contributed by atoms with E-state index < -0.39 is 19.7 Å². The van der Waals surface area contributed by atoms with E-state index in [0.717, 1.165) is 5.56 Å². The third-order valence-corrected chi connectivity index (χ3v) is 2.63. The lowest BCUT2D eigenvalue weighted by Crippen LogP contribution is -2.12. The third kappa shape index (κ3) is 4.87. The summed E-state index contributed by atoms with van der Waals surface area (Å²) in [7, 11) is -4.47. The largest absolute Gasteiger partial charge is 0.564 e. The predicted molar refractivity (Wildman–Crippen MR) is 63.6 cm³/mol. The molecule has 0 saturated heterocycles. The van der Waals surface area contributed by atoms with E-state index in [4.69, 9.17) is 4.52 Å². The number of hydrogen-bond donors (Lipinski definition) is 1. The Kier molecular flexibility index (Phi) is 4.90. The molecule has 7 heteroatoms. The summed E-state index contributed by atoms with van der Waals surface area (Å²) in [5, 5.41) is 0. The standard InChI is InChI=1S/C11H15O6P/c1-8(2)11(12)15-17-18(13,14)16-10-6-4-9(3)5-7-10/h4-8H,1-3H3,(H,13,14). The van der Waals surface area contributed by atoms with Gasteiger partial charge in [0.15, 0.2) is 0 Å². The van der Waals surface area contributed by atoms with Gasteiger partial charge in [-0.15, -0.1) is 0 Å². The van der Waals surface area contributed by atoms with Crippen LogP contribution in [0.15, 0.2) is 24.3 Å². The lowest BCUT2D eigenvalue weighted by atomic mass is 10.2. The molecular formula is C11H15O6P. The van der Waals surface area contributed by atoms with Crippen LogP contribution in [0, 0.1) is 12.8 Å². The Morgan fingerprint density at radius 3 is 2.33 bits per heavy atom. The molecule has 1 N–H and O–H groups in total. The Hall–Kier alpha value is -1.36. The summed E-state index contributed by atoms with van der Waals surface area (Å²) < 4.78 is 20.3. The van der Waals surface area contributed by atoms with Gasteiger partial charge in [-0.1, -0.05) is 36.2 Å². The molecule has 0 saturated carbocycles. The number of hydrogen-bond acceptors (Lipinski definition) is 5. The minimum Gasteiger partial charge on any atom is -0.402 e. The summed E-state index contributed by atoms with van der Waals surface area (Å²) in [6, 6.07) is 6.42. The second-order valence-corrected chi connectivity index (χ2v) is 5.27. The van der Waals surface area contributed by atoms with Crippen LogP contribution < -0.4 is 4.52 Å². The highest BCUT2D eigenvalue weighted by Crippen LogP contribution is 2.44. The van der Waals surface area contributed by atoms with Gasteiger partial charge >= 0.3 is 13.8 Å². The molecule has 1 atom stereocenters. The Balaban J connectivity index is 2.57. The zero-order valence-corrected chi connectivity index (χ0v) is 11.2. The molecule has 0 heterocycles. The Morgan fingerprint density at radius 1 is 1.28 bits per heavy atom. The summed E-state index contributed by atoms with van der Waals surface area (Å²) in [4.78, 5) is 24.5. The second kappa shape index (κ2) is 6.00. The summed E-state index contributed by atoms with van der Waals surface area (Å²) in [6.45, 7) is 4.99. The molecule has 0 aliphatic heterocycles. The number of carbonyl (C=O) groups excluding carboxylic acids is 1. The topological polar surface area (TPSA) is 82.1 Å². The number of benzene rings is 1. The maximum absolute atomic E-state index is 11.4. The molecule has 0 radical (unpaired) electrons. The first kappa shape index (κ1) is 14.7. The second-order valence-electron chi connectivity index (χ2n) is 4.00. The van der Waals surface area contributed by atoms with E-state index in [1.807, 2.05) is 6.92 Å². The van der Waals surface area contributed by atoms with Crippen molar-refractivity contribution in [1.82, 2.24) is 0 Å². The Labute approximate surface area is 105 Å². The first-order valence-corrected chi connectivity index (χ1v) is 6.79. The van der Waals surface area contributed by atoms with E-state index in [9.17, 15) is 14.3 Å². The van der Waals surface area contributed by atoms with Crippen LogP contribution in [-0.4, -0.2) is 10.9 Å². The predicted octanol–water partition coefficient (Wildman–Crippen LogP) is 2.61. The molecule has 18 heavy (non-hydrogen) atoms. The number of rotatable bonds is 5. The van der Waals surface area contributed by atoms with Gasteiger partial charge in [0.05, 0.1) is 5.92 Å². The smallest absolute Gasteiger partial charge is 0.402 e. The molecule has 1 rings (SSSR count). The zero-order valence-electron chi connectivity index (χ0n) is 10.3. The normalized spacial score (nSPS) is 14.1. The maximum Gasteiger partial charge on any atom is 0.564 e. The van der Waals surface area contributed by atoms with Crippen LogP contribution in [0.4, 0.5) is 0 Å². The van der Waals surface area contributed by atoms with E-state index in [2.05, 4.69) is 9.56 Å². The highest BCUT2D eigenvalue weighted by Gasteiger charge is 2.27. The fourth-order valence-electron chi connectivity index (χ4n) is 0.928. The fraction of sp³-hybridized carbons (Fsp3) is 0.364. The lowest BCUT2D eigenvalue weighted by Gasteiger charge is -2.12. The Bertz CT molecular complexity index is 453. The molecule has 0 aromatic heterocycles. The van der Waals surface area contributed by atoms with Crippen LogP contribution in [0.25, 0.3) is 0 Å². The van der Waals surface area contributed by atoms with Crippen molar-refractivity contribution in [3.63, 3.8) is 0 Å². The molecule has 0 amide bonds. The number of aryl methyl sites for hydroxylation is 1. The van der Waals surface area contributed by atoms with Crippen LogP contribution in [-0.2, 0) is 18.9 Å². The average Bonchev–Trinajstić information content (AvgIpc) is 2.29. The minimum absolute atomic E-state index is 0.145. The molecular weight excluding hydrogens is 259 g/mol. The summed E-state index contributed by atoms with van der Waals surface area (Å²) in [5.41, 5.74) is 0.974. The SMILES string of the molecule is Cc1ccc(OP(=O)(O)OOC(=O)C(C)C)cc1. The van der Waals surface area contributed by atoms with Gasteiger partial charge in [-0.25, -0.2) is 9.36 Å². The molecule has 0 aliphatic rings. The number of carbonyl (C=O) groups is 1. The molecule has 100 valence electrons. The van der Waals surface area contributed by atoms with Gasteiger partial charge in [0.2, 0.25) is 0 Å². The molecule has 1 aromatic carbocycles. The van der Waals surface area contributed by atoms with E-state index >= 15 is 0 Å². The monoisotopic (exact) mass is 274 g/mol. The Morgan fingerprint density at radius 2 is 1.83 bits per heavy atom. The van der Waals surface area contributed by atoms with Crippen molar-refractivity contribution < 1.29 is 28.3 Å². The van der Waals surface area contributed by atoms with E-state index in [0.29, 0.717) is 0 Å². The quantitative estimate of drug-likeness (QED) is 0.505. The number of phosphoric ester groups is 1. The molecule has 1 unspecified atom stereocenters. The van der Waals surface area contributed by atoms with Crippen LogP contribution in [0.3, 0.4) is 0 Å². The van der Waals surface area contributed by atoms with Gasteiger partial charge < -0.3 is 4.52 Å². The molecule has 0 aliphatic carbocycles. The highest BCUT2D eigenvalue weighted by molar-refractivity contribution is 7.47. The minimum atomic E-state index is -4.47. The van der Waals surface area contributed by atoms with Crippen LogP contribution in [0.2, 0.25) is 0 Å². The third-order valence-electron chi connectivity index (χ3n) is 1.93. The zero-order chi connectivity index (χ0) is 13.8. The van der Waals surface area contributed by atoms with Crippen molar-refractivity contribution in [1.29, 1.82) is 0 Å². The van der Waals surface area contributed by atoms with Crippen molar-refractivity contribution in [3.8, 4) is 5.75 Å². The summed E-state index contributed by atoms with van der Waals surface area (Å²) in [5.74, 6) is -1.08. The number of phosphoric acid groups is 1. The lowest BCUT2D eigenvalue weighted by molar-refractivity contribution is -0.225. The molecule has 0 fully saturated rings. The van der Waals surface area contributed by atoms with E-state index in [1.54, 1.807) is 26.0 Å². The van der Waals surface area contributed by atoms with Crippen molar-refractivity contribution in [2.75, 3.05) is 0 Å². The van der Waals surface area contributed by atoms with Crippen LogP contribution in [0.1, 0.15) is 19.4 Å². The fourth-order valence-corrected chi connectivity index (χ4v) is 1.51. The molecule has 0 spiro atoms. The first-order valence-electron chi connectivity index (χ1n) is 5.29. The average molecular weight is 274 g/mol. The van der Waals surface area contributed by atoms with E-state index in [1.165, 1.54) is 12.1 Å². The summed E-state index contributed by atoms with van der Waals surface area (Å²) >= 11 is 0. The van der Waals surface area contributed by atoms with Crippen molar-refractivity contribution in [2.45, 2.75) is 20.8 Å². The van der Waals surface area contributed by atoms with Gasteiger partial charge in [0.25, 0.3) is 0 Å². The van der Waals surface area contributed by atoms with E-state index in [-0.39, 0.29) is 5.75 Å². The van der Waals surface area contributed by atoms with Crippen molar-refractivity contribution >= 4 is 13.8 Å². The first-order chi connectivity index (χ1) is 8.30. The van der Waals surface area contributed by atoms with Crippen molar-refractivity contribution in [3.05, 3.63) is 29.8 Å². The van der Waals surface area contributed by atoms with Gasteiger partial charge in [-0.05, 0) is 19.1 Å². The maximum atomic E-state index is 11.4. The van der Waals surface area contributed by atoms with Gasteiger partial charge in [0, 0.05) is 0 Å².